The quantitative estimate of drug-likeness (QED) is 0.385. The summed E-state index contributed by atoms with van der Waals surface area (Å²) in [6.45, 7) is 2.19. The maximum Gasteiger partial charge on any atom is 0.273 e. The smallest absolute Gasteiger partial charge is 0.273 e. The number of rotatable bonds is 13. The number of carbonyl (C=O) groups excluding carboxylic acids is 1. The second kappa shape index (κ2) is 15.2. The predicted molar refractivity (Wildman–Crippen MR) is 85.6 cm³/mol. The van der Waals surface area contributed by atoms with Gasteiger partial charge < -0.3 is 15.6 Å². The average Bonchev–Trinajstić information content (AvgIpc) is 2.45. The zero-order valence-corrected chi connectivity index (χ0v) is 14.9. The van der Waals surface area contributed by atoms with Gasteiger partial charge in [0.15, 0.2) is 0 Å². The first-order valence-electron chi connectivity index (χ1n) is 8.27. The van der Waals surface area contributed by atoms with Crippen molar-refractivity contribution < 1.29 is 28.6 Å². The standard InChI is InChI=1S/C14H28O5S.CH5N/c1-2-3-4-5-6-7-8-9-10-11-12-13(14(15)16)20(17,18)19;1-2/h13H,2-12H2,1H3,(H,15,16)(H,17,18,19);2H2,1H3. The summed E-state index contributed by atoms with van der Waals surface area (Å²) in [4.78, 5) is 10.6. The summed E-state index contributed by atoms with van der Waals surface area (Å²) in [5, 5.41) is 8.81. The van der Waals surface area contributed by atoms with Crippen molar-refractivity contribution in [2.75, 3.05) is 7.05 Å². The highest BCUT2D eigenvalue weighted by molar-refractivity contribution is 7.87. The van der Waals surface area contributed by atoms with Crippen LogP contribution in [-0.4, -0.2) is 31.2 Å². The van der Waals surface area contributed by atoms with E-state index in [-0.39, 0.29) is 6.42 Å². The Bertz CT molecular complexity index is 357. The third-order valence-electron chi connectivity index (χ3n) is 3.44. The van der Waals surface area contributed by atoms with Gasteiger partial charge in [-0.05, 0) is 6.42 Å². The van der Waals surface area contributed by atoms with E-state index in [0.717, 1.165) is 19.3 Å². The highest BCUT2D eigenvalue weighted by Crippen LogP contribution is 2.14. The minimum absolute atomic E-state index is 0.0718. The van der Waals surface area contributed by atoms with Gasteiger partial charge in [0.2, 0.25) is 0 Å². The molecule has 6 nitrogen and oxygen atoms in total. The molecule has 0 fully saturated rings. The lowest BCUT2D eigenvalue weighted by Crippen LogP contribution is -2.40. The van der Waals surface area contributed by atoms with Crippen LogP contribution in [0.25, 0.3) is 0 Å². The van der Waals surface area contributed by atoms with E-state index in [2.05, 4.69) is 12.7 Å². The molecule has 0 bridgehead atoms. The van der Waals surface area contributed by atoms with Gasteiger partial charge in [0.1, 0.15) is 5.25 Å². The lowest BCUT2D eigenvalue weighted by molar-refractivity contribution is -0.325. The van der Waals surface area contributed by atoms with Crippen molar-refractivity contribution in [2.24, 2.45) is 0 Å². The molecule has 4 N–H and O–H groups in total. The van der Waals surface area contributed by atoms with Crippen molar-refractivity contribution >= 4 is 16.1 Å². The minimum atomic E-state index is -4.54. The summed E-state index contributed by atoms with van der Waals surface area (Å²) in [6, 6.07) is 0. The second-order valence-electron chi connectivity index (χ2n) is 5.29. The number of unbranched alkanes of at least 4 members (excludes halogenated alkanes) is 9. The van der Waals surface area contributed by atoms with Crippen LogP contribution in [0.1, 0.15) is 77.6 Å². The first-order chi connectivity index (χ1) is 10.4. The van der Waals surface area contributed by atoms with Crippen molar-refractivity contribution in [3.63, 3.8) is 0 Å². The van der Waals surface area contributed by atoms with Crippen LogP contribution in [0, 0.1) is 0 Å². The zero-order chi connectivity index (χ0) is 17.4. The van der Waals surface area contributed by atoms with Crippen molar-refractivity contribution in [3.8, 4) is 0 Å². The molecule has 1 atom stereocenters. The third-order valence-corrected chi connectivity index (χ3v) is 4.59. The fraction of sp³-hybridized carbons (Fsp3) is 0.933. The maximum absolute atomic E-state index is 10.8. The summed E-state index contributed by atoms with van der Waals surface area (Å²) in [5.41, 5.74) is 3.25. The molecule has 0 heterocycles. The Balaban J connectivity index is 0. The molecule has 0 aliphatic rings. The summed E-state index contributed by atoms with van der Waals surface area (Å²) < 4.78 is 30.3. The second-order valence-corrected chi connectivity index (χ2v) is 6.89. The molecule has 0 rings (SSSR count). The Kier molecular flexibility index (Phi) is 16.4. The Morgan fingerprint density at radius 2 is 1.32 bits per heavy atom. The topological polar surface area (TPSA) is 122 Å². The van der Waals surface area contributed by atoms with Crippen LogP contribution in [0.5, 0.6) is 0 Å². The molecular weight excluding hydrogens is 306 g/mol. The van der Waals surface area contributed by atoms with Crippen LogP contribution in [0.15, 0.2) is 0 Å². The number of carboxylic acid groups (broad SMARTS) is 1. The fourth-order valence-electron chi connectivity index (χ4n) is 2.21. The molecule has 0 amide bonds. The predicted octanol–water partition coefficient (Wildman–Crippen LogP) is 1.16. The Morgan fingerprint density at radius 3 is 1.64 bits per heavy atom. The average molecular weight is 339 g/mol. The summed E-state index contributed by atoms with van der Waals surface area (Å²) in [7, 11) is -2.79. The molecule has 0 aromatic heterocycles. The van der Waals surface area contributed by atoms with Crippen molar-refractivity contribution in [1.29, 1.82) is 0 Å². The number of quaternary nitrogens is 1. The van der Waals surface area contributed by atoms with Gasteiger partial charge in [-0.1, -0.05) is 71.1 Å². The zero-order valence-electron chi connectivity index (χ0n) is 14.1. The monoisotopic (exact) mass is 339 g/mol. The van der Waals surface area contributed by atoms with Crippen LogP contribution in [0.2, 0.25) is 0 Å². The first-order valence-corrected chi connectivity index (χ1v) is 9.77. The summed E-state index contributed by atoms with van der Waals surface area (Å²) >= 11 is 0. The Morgan fingerprint density at radius 1 is 0.955 bits per heavy atom. The van der Waals surface area contributed by atoms with Gasteiger partial charge in [-0.3, -0.25) is 4.55 Å². The molecular formula is C15H33NO5S. The molecule has 0 aromatic rings. The van der Waals surface area contributed by atoms with Gasteiger partial charge in [-0.25, -0.2) is 0 Å². The van der Waals surface area contributed by atoms with Crippen LogP contribution in [0.3, 0.4) is 0 Å². The van der Waals surface area contributed by atoms with Crippen LogP contribution in [0.4, 0.5) is 0 Å². The third kappa shape index (κ3) is 14.3. The highest BCUT2D eigenvalue weighted by atomic mass is 32.2. The summed E-state index contributed by atoms with van der Waals surface area (Å²) in [6.07, 6.45) is 10.8. The lowest BCUT2D eigenvalue weighted by atomic mass is 10.1. The Labute approximate surface area is 135 Å². The van der Waals surface area contributed by atoms with E-state index < -0.39 is 21.3 Å². The molecule has 0 saturated heterocycles. The number of carbonyl (C=O) groups is 1. The molecule has 1 unspecified atom stereocenters. The SMILES string of the molecule is CCCCCCCCCCCCC(C(=O)[O-])S(=O)(=O)O.C[NH3+]. The van der Waals surface area contributed by atoms with Crippen LogP contribution >= 0.6 is 0 Å². The first kappa shape index (κ1) is 23.6. The van der Waals surface area contributed by atoms with Crippen molar-refractivity contribution in [1.82, 2.24) is 0 Å². The van der Waals surface area contributed by atoms with E-state index in [4.69, 9.17) is 4.55 Å². The van der Waals surface area contributed by atoms with Gasteiger partial charge >= 0.3 is 0 Å². The normalized spacial score (nSPS) is 12.4. The van der Waals surface area contributed by atoms with Gasteiger partial charge in [0, 0.05) is 0 Å². The maximum atomic E-state index is 10.8. The molecule has 0 radical (unpaired) electrons. The highest BCUT2D eigenvalue weighted by Gasteiger charge is 2.23. The molecule has 7 heteroatoms. The van der Waals surface area contributed by atoms with E-state index in [1.807, 2.05) is 0 Å². The van der Waals surface area contributed by atoms with Gasteiger partial charge in [-0.2, -0.15) is 8.42 Å². The van der Waals surface area contributed by atoms with E-state index in [0.29, 0.717) is 6.42 Å². The van der Waals surface area contributed by atoms with E-state index in [1.165, 1.54) is 38.5 Å². The van der Waals surface area contributed by atoms with Crippen LogP contribution < -0.4 is 10.8 Å². The van der Waals surface area contributed by atoms with E-state index in [1.54, 1.807) is 7.05 Å². The van der Waals surface area contributed by atoms with Gasteiger partial charge in [0.05, 0.1) is 13.0 Å². The molecule has 134 valence electrons. The fourth-order valence-corrected chi connectivity index (χ4v) is 2.91. The van der Waals surface area contributed by atoms with Gasteiger partial charge in [0.25, 0.3) is 10.1 Å². The number of aliphatic carboxylic acids is 1. The molecule has 22 heavy (non-hydrogen) atoms. The largest absolute Gasteiger partial charge is 0.549 e. The van der Waals surface area contributed by atoms with Crippen molar-refractivity contribution in [3.05, 3.63) is 0 Å². The number of hydrogen-bond donors (Lipinski definition) is 2. The molecule has 0 aliphatic heterocycles. The lowest BCUT2D eigenvalue weighted by Gasteiger charge is -2.14. The molecule has 0 aromatic carbocycles. The van der Waals surface area contributed by atoms with Crippen molar-refractivity contribution in [2.45, 2.75) is 82.8 Å². The number of carboxylic acids is 1. The molecule has 0 saturated carbocycles. The molecule has 0 spiro atoms. The van der Waals surface area contributed by atoms with E-state index >= 15 is 0 Å². The van der Waals surface area contributed by atoms with Gasteiger partial charge in [-0.15, -0.1) is 0 Å². The summed E-state index contributed by atoms with van der Waals surface area (Å²) in [5.74, 6) is -1.72. The molecule has 0 aliphatic carbocycles. The van der Waals surface area contributed by atoms with E-state index in [9.17, 15) is 18.3 Å². The Hall–Kier alpha value is -0.660. The van der Waals surface area contributed by atoms with Crippen LogP contribution in [-0.2, 0) is 14.9 Å². The number of hydrogen-bond acceptors (Lipinski definition) is 4. The minimum Gasteiger partial charge on any atom is -0.549 e.